The SMILES string of the molecule is Cc1ncccc1C(O)Nc1cc(Cl)cc2c1[nH]c1cncc(N)c12. The van der Waals surface area contributed by atoms with Crippen molar-refractivity contribution in [1.82, 2.24) is 15.0 Å². The molecule has 5 N–H and O–H groups in total. The number of aliphatic hydroxyl groups is 1. The number of benzene rings is 1. The highest BCUT2D eigenvalue weighted by molar-refractivity contribution is 6.33. The van der Waals surface area contributed by atoms with E-state index in [1.807, 2.05) is 19.1 Å². The van der Waals surface area contributed by atoms with Gasteiger partial charge in [-0.1, -0.05) is 17.7 Å². The van der Waals surface area contributed by atoms with Gasteiger partial charge in [0.25, 0.3) is 0 Å². The summed E-state index contributed by atoms with van der Waals surface area (Å²) in [5.41, 5.74) is 10.4. The minimum absolute atomic E-state index is 0.544. The van der Waals surface area contributed by atoms with E-state index < -0.39 is 6.23 Å². The van der Waals surface area contributed by atoms with Gasteiger partial charge in [-0.05, 0) is 25.1 Å². The van der Waals surface area contributed by atoms with Crippen LogP contribution in [-0.4, -0.2) is 20.1 Å². The van der Waals surface area contributed by atoms with Crippen LogP contribution in [0.1, 0.15) is 17.5 Å². The first kappa shape index (κ1) is 15.7. The lowest BCUT2D eigenvalue weighted by Gasteiger charge is -2.17. The molecule has 1 unspecified atom stereocenters. The molecule has 0 saturated carbocycles. The van der Waals surface area contributed by atoms with Crippen molar-refractivity contribution in [2.45, 2.75) is 13.2 Å². The molecule has 0 aliphatic rings. The highest BCUT2D eigenvalue weighted by Crippen LogP contribution is 2.36. The van der Waals surface area contributed by atoms with E-state index >= 15 is 0 Å². The second-order valence-corrected chi connectivity index (χ2v) is 6.31. The van der Waals surface area contributed by atoms with Crippen molar-refractivity contribution >= 4 is 44.8 Å². The van der Waals surface area contributed by atoms with E-state index in [1.165, 1.54) is 0 Å². The normalized spacial score (nSPS) is 12.6. The van der Waals surface area contributed by atoms with Crippen LogP contribution >= 0.6 is 11.6 Å². The van der Waals surface area contributed by atoms with Gasteiger partial charge in [0.2, 0.25) is 0 Å². The lowest BCUT2D eigenvalue weighted by atomic mass is 10.1. The van der Waals surface area contributed by atoms with Crippen LogP contribution in [-0.2, 0) is 0 Å². The number of H-pyrrole nitrogens is 1. The number of pyridine rings is 2. The standard InChI is InChI=1S/C18H16ClN5O/c1-9-11(3-2-4-22-9)18(25)24-14-6-10(19)5-12-16-13(20)7-21-8-15(16)23-17(12)14/h2-8,18,23-25H,20H2,1H3. The number of anilines is 2. The third-order valence-electron chi connectivity index (χ3n) is 4.24. The second kappa shape index (κ2) is 5.91. The molecule has 0 bridgehead atoms. The largest absolute Gasteiger partial charge is 0.397 e. The molecule has 4 aromatic rings. The number of hydrogen-bond donors (Lipinski definition) is 4. The highest BCUT2D eigenvalue weighted by Gasteiger charge is 2.16. The monoisotopic (exact) mass is 353 g/mol. The molecule has 6 nitrogen and oxygen atoms in total. The molecule has 4 rings (SSSR count). The van der Waals surface area contributed by atoms with Crippen LogP contribution in [0.15, 0.2) is 42.9 Å². The molecule has 0 amide bonds. The third kappa shape index (κ3) is 2.65. The van der Waals surface area contributed by atoms with Crippen LogP contribution in [0.25, 0.3) is 21.8 Å². The summed E-state index contributed by atoms with van der Waals surface area (Å²) in [5.74, 6) is 0. The zero-order chi connectivity index (χ0) is 17.6. The van der Waals surface area contributed by atoms with Gasteiger partial charge in [0.1, 0.15) is 0 Å². The molecule has 1 aromatic carbocycles. The maximum absolute atomic E-state index is 10.6. The van der Waals surface area contributed by atoms with Gasteiger partial charge < -0.3 is 21.1 Å². The molecule has 3 aromatic heterocycles. The summed E-state index contributed by atoms with van der Waals surface area (Å²) >= 11 is 6.29. The average Bonchev–Trinajstić information content (AvgIpc) is 2.95. The van der Waals surface area contributed by atoms with Gasteiger partial charge in [-0.2, -0.15) is 0 Å². The number of aromatic amines is 1. The predicted molar refractivity (Wildman–Crippen MR) is 101 cm³/mol. The first-order valence-electron chi connectivity index (χ1n) is 7.75. The smallest absolute Gasteiger partial charge is 0.152 e. The molecule has 0 aliphatic heterocycles. The number of hydrogen-bond acceptors (Lipinski definition) is 5. The van der Waals surface area contributed by atoms with Gasteiger partial charge >= 0.3 is 0 Å². The van der Waals surface area contributed by atoms with Gasteiger partial charge in [-0.3, -0.25) is 9.97 Å². The van der Waals surface area contributed by atoms with Crippen LogP contribution in [0.4, 0.5) is 11.4 Å². The number of fused-ring (bicyclic) bond motifs is 3. The van der Waals surface area contributed by atoms with E-state index in [4.69, 9.17) is 17.3 Å². The lowest BCUT2D eigenvalue weighted by Crippen LogP contribution is -2.12. The molecule has 0 aliphatic carbocycles. The van der Waals surface area contributed by atoms with Crippen LogP contribution in [0.2, 0.25) is 5.02 Å². The summed E-state index contributed by atoms with van der Waals surface area (Å²) in [6.07, 6.45) is 4.09. The van der Waals surface area contributed by atoms with Gasteiger partial charge in [-0.25, -0.2) is 0 Å². The van der Waals surface area contributed by atoms with Crippen molar-refractivity contribution in [3.05, 3.63) is 59.1 Å². The number of nitrogens with zero attached hydrogens (tertiary/aromatic N) is 2. The van der Waals surface area contributed by atoms with Crippen molar-refractivity contribution in [1.29, 1.82) is 0 Å². The second-order valence-electron chi connectivity index (χ2n) is 5.88. The van der Waals surface area contributed by atoms with E-state index in [0.29, 0.717) is 22.0 Å². The Morgan fingerprint density at radius 3 is 2.96 bits per heavy atom. The first-order chi connectivity index (χ1) is 12.0. The Balaban J connectivity index is 1.86. The van der Waals surface area contributed by atoms with Crippen LogP contribution in [0, 0.1) is 6.92 Å². The number of aromatic nitrogens is 3. The molecule has 25 heavy (non-hydrogen) atoms. The molecular weight excluding hydrogens is 338 g/mol. The number of nitrogen functional groups attached to an aromatic ring is 1. The van der Waals surface area contributed by atoms with E-state index in [2.05, 4.69) is 20.3 Å². The van der Waals surface area contributed by atoms with Gasteiger partial charge in [0, 0.05) is 33.2 Å². The minimum atomic E-state index is -0.919. The van der Waals surface area contributed by atoms with Gasteiger partial charge in [0.15, 0.2) is 6.23 Å². The zero-order valence-corrected chi connectivity index (χ0v) is 14.2. The molecule has 3 heterocycles. The Kier molecular flexibility index (Phi) is 3.71. The Morgan fingerprint density at radius 2 is 2.16 bits per heavy atom. The number of aliphatic hydroxyl groups excluding tert-OH is 1. The summed E-state index contributed by atoms with van der Waals surface area (Å²) < 4.78 is 0. The van der Waals surface area contributed by atoms with E-state index in [0.717, 1.165) is 27.5 Å². The van der Waals surface area contributed by atoms with Gasteiger partial charge in [0.05, 0.1) is 34.8 Å². The third-order valence-corrected chi connectivity index (χ3v) is 4.46. The minimum Gasteiger partial charge on any atom is -0.397 e. The first-order valence-corrected chi connectivity index (χ1v) is 8.13. The molecule has 0 fully saturated rings. The molecule has 0 radical (unpaired) electrons. The molecule has 126 valence electrons. The zero-order valence-electron chi connectivity index (χ0n) is 13.4. The molecule has 0 spiro atoms. The molecular formula is C18H16ClN5O. The molecule has 1 atom stereocenters. The van der Waals surface area contributed by atoms with E-state index in [9.17, 15) is 5.11 Å². The number of nitrogens with one attached hydrogen (secondary N) is 2. The Labute approximate surface area is 148 Å². The Hall–Kier alpha value is -2.83. The van der Waals surface area contributed by atoms with Crippen molar-refractivity contribution in [3.63, 3.8) is 0 Å². The summed E-state index contributed by atoms with van der Waals surface area (Å²) in [7, 11) is 0. The van der Waals surface area contributed by atoms with Crippen LogP contribution < -0.4 is 11.1 Å². The summed E-state index contributed by atoms with van der Waals surface area (Å²) in [6, 6.07) is 7.22. The fourth-order valence-electron chi connectivity index (χ4n) is 3.07. The fraction of sp³-hybridized carbons (Fsp3) is 0.111. The predicted octanol–water partition coefficient (Wildman–Crippen LogP) is 3.76. The number of halogens is 1. The maximum Gasteiger partial charge on any atom is 0.152 e. The fourth-order valence-corrected chi connectivity index (χ4v) is 3.29. The number of aryl methyl sites for hydroxylation is 1. The molecule has 0 saturated heterocycles. The summed E-state index contributed by atoms with van der Waals surface area (Å²) in [4.78, 5) is 11.6. The number of rotatable bonds is 3. The number of nitrogens with two attached hydrogens (primary N) is 1. The highest BCUT2D eigenvalue weighted by atomic mass is 35.5. The topological polar surface area (TPSA) is 99.9 Å². The molecule has 7 heteroatoms. The Bertz CT molecular complexity index is 1090. The Morgan fingerprint density at radius 1 is 1.32 bits per heavy atom. The van der Waals surface area contributed by atoms with E-state index in [-0.39, 0.29) is 0 Å². The van der Waals surface area contributed by atoms with E-state index in [1.54, 1.807) is 30.7 Å². The quantitative estimate of drug-likeness (QED) is 0.420. The van der Waals surface area contributed by atoms with Crippen LogP contribution in [0.3, 0.4) is 0 Å². The maximum atomic E-state index is 10.6. The van der Waals surface area contributed by atoms with Crippen molar-refractivity contribution in [3.8, 4) is 0 Å². The van der Waals surface area contributed by atoms with Crippen LogP contribution in [0.5, 0.6) is 0 Å². The summed E-state index contributed by atoms with van der Waals surface area (Å²) in [6.45, 7) is 1.85. The van der Waals surface area contributed by atoms with Crippen molar-refractivity contribution < 1.29 is 5.11 Å². The van der Waals surface area contributed by atoms with Crippen molar-refractivity contribution in [2.24, 2.45) is 0 Å². The average molecular weight is 354 g/mol. The van der Waals surface area contributed by atoms with Crippen molar-refractivity contribution in [2.75, 3.05) is 11.1 Å². The lowest BCUT2D eigenvalue weighted by molar-refractivity contribution is 0.207. The summed E-state index contributed by atoms with van der Waals surface area (Å²) in [5, 5.41) is 16.0. The van der Waals surface area contributed by atoms with Gasteiger partial charge in [-0.15, -0.1) is 0 Å².